The Labute approximate surface area is 85.1 Å². The van der Waals surface area contributed by atoms with Crippen molar-refractivity contribution in [2.45, 2.75) is 0 Å². The summed E-state index contributed by atoms with van der Waals surface area (Å²) in [6.45, 7) is 0. The van der Waals surface area contributed by atoms with Crippen molar-refractivity contribution in [2.75, 3.05) is 7.11 Å². The van der Waals surface area contributed by atoms with E-state index in [0.717, 1.165) is 6.07 Å². The Morgan fingerprint density at radius 1 is 1.57 bits per heavy atom. The Morgan fingerprint density at radius 2 is 2.21 bits per heavy atom. The van der Waals surface area contributed by atoms with Crippen LogP contribution in [0.25, 0.3) is 0 Å². The molecule has 1 aromatic carbocycles. The molecule has 0 aliphatic carbocycles. The van der Waals surface area contributed by atoms with Gasteiger partial charge in [-0.3, -0.25) is 4.79 Å². The molecule has 4 nitrogen and oxygen atoms in total. The molecular formula is C9H7ClO4. The van der Waals surface area contributed by atoms with E-state index < -0.39 is 5.97 Å². The summed E-state index contributed by atoms with van der Waals surface area (Å²) in [5, 5.41) is 9.33. The Hall–Kier alpha value is -1.55. The van der Waals surface area contributed by atoms with Crippen LogP contribution in [0.4, 0.5) is 0 Å². The van der Waals surface area contributed by atoms with E-state index in [1.807, 2.05) is 0 Å². The van der Waals surface area contributed by atoms with E-state index in [4.69, 9.17) is 11.6 Å². The van der Waals surface area contributed by atoms with Gasteiger partial charge < -0.3 is 9.84 Å². The predicted molar refractivity (Wildman–Crippen MR) is 49.8 cm³/mol. The van der Waals surface area contributed by atoms with E-state index in [0.29, 0.717) is 6.29 Å². The lowest BCUT2D eigenvalue weighted by Crippen LogP contribution is -2.02. The highest BCUT2D eigenvalue weighted by Gasteiger charge is 2.14. The van der Waals surface area contributed by atoms with Crippen molar-refractivity contribution in [3.8, 4) is 5.75 Å². The number of benzene rings is 1. The van der Waals surface area contributed by atoms with Crippen LogP contribution in [0, 0.1) is 0 Å². The molecule has 0 radical (unpaired) electrons. The molecule has 0 bridgehead atoms. The lowest BCUT2D eigenvalue weighted by molar-refractivity contribution is 0.0600. The third-order valence-electron chi connectivity index (χ3n) is 1.65. The van der Waals surface area contributed by atoms with Crippen LogP contribution in [0.1, 0.15) is 20.7 Å². The molecule has 1 rings (SSSR count). The van der Waals surface area contributed by atoms with Crippen molar-refractivity contribution in [3.05, 3.63) is 28.3 Å². The van der Waals surface area contributed by atoms with Crippen molar-refractivity contribution in [3.63, 3.8) is 0 Å². The van der Waals surface area contributed by atoms with Crippen molar-refractivity contribution in [2.24, 2.45) is 0 Å². The molecule has 0 amide bonds. The van der Waals surface area contributed by atoms with E-state index >= 15 is 0 Å². The molecule has 0 fully saturated rings. The number of phenols is 1. The SMILES string of the molecule is COC(=O)c1cc(O)c(C=O)cc1Cl. The van der Waals surface area contributed by atoms with E-state index in [1.165, 1.54) is 13.2 Å². The van der Waals surface area contributed by atoms with Gasteiger partial charge in [0, 0.05) is 0 Å². The zero-order valence-corrected chi connectivity index (χ0v) is 8.04. The monoisotopic (exact) mass is 214 g/mol. The number of halogens is 1. The summed E-state index contributed by atoms with van der Waals surface area (Å²) in [5.41, 5.74) is 0.0555. The molecule has 0 spiro atoms. The molecule has 0 saturated heterocycles. The summed E-state index contributed by atoms with van der Waals surface area (Å²) >= 11 is 5.68. The lowest BCUT2D eigenvalue weighted by Gasteiger charge is -2.04. The Balaban J connectivity index is 3.28. The first-order chi connectivity index (χ1) is 6.60. The molecule has 0 aromatic heterocycles. The van der Waals surface area contributed by atoms with Gasteiger partial charge in [-0.05, 0) is 12.1 Å². The fraction of sp³-hybridized carbons (Fsp3) is 0.111. The summed E-state index contributed by atoms with van der Waals surface area (Å²) in [6, 6.07) is 2.30. The quantitative estimate of drug-likeness (QED) is 0.601. The molecule has 0 atom stereocenters. The molecular weight excluding hydrogens is 208 g/mol. The number of carbonyl (C=O) groups is 2. The maximum atomic E-state index is 11.1. The maximum absolute atomic E-state index is 11.1. The van der Waals surface area contributed by atoms with Crippen LogP contribution in [-0.2, 0) is 4.74 Å². The minimum Gasteiger partial charge on any atom is -0.507 e. The fourth-order valence-corrected chi connectivity index (χ4v) is 1.19. The highest BCUT2D eigenvalue weighted by Crippen LogP contribution is 2.25. The smallest absolute Gasteiger partial charge is 0.339 e. The second-order valence-corrected chi connectivity index (χ2v) is 2.91. The summed E-state index contributed by atoms with van der Waals surface area (Å²) in [4.78, 5) is 21.5. The van der Waals surface area contributed by atoms with Crippen molar-refractivity contribution in [1.29, 1.82) is 0 Å². The Morgan fingerprint density at radius 3 is 2.71 bits per heavy atom. The van der Waals surface area contributed by atoms with Crippen LogP contribution in [-0.4, -0.2) is 24.5 Å². The number of aromatic hydroxyl groups is 1. The Kier molecular flexibility index (Phi) is 3.09. The van der Waals surface area contributed by atoms with Gasteiger partial charge in [0.05, 0.1) is 23.3 Å². The number of aldehydes is 1. The minimum absolute atomic E-state index is 0.0252. The van der Waals surface area contributed by atoms with Gasteiger partial charge in [0.25, 0.3) is 0 Å². The van der Waals surface area contributed by atoms with Crippen molar-refractivity contribution in [1.82, 2.24) is 0 Å². The first-order valence-corrected chi connectivity index (χ1v) is 4.04. The van der Waals surface area contributed by atoms with Gasteiger partial charge in [-0.2, -0.15) is 0 Å². The van der Waals surface area contributed by atoms with Crippen LogP contribution >= 0.6 is 11.6 Å². The largest absolute Gasteiger partial charge is 0.507 e. The van der Waals surface area contributed by atoms with Crippen molar-refractivity contribution >= 4 is 23.9 Å². The summed E-state index contributed by atoms with van der Waals surface area (Å²) < 4.78 is 4.42. The molecule has 5 heteroatoms. The van der Waals surface area contributed by atoms with E-state index in [2.05, 4.69) is 4.74 Å². The number of phenolic OH excluding ortho intramolecular Hbond substituents is 1. The summed E-state index contributed by atoms with van der Waals surface area (Å²) in [5.74, 6) is -0.965. The van der Waals surface area contributed by atoms with Crippen LogP contribution in [0.15, 0.2) is 12.1 Å². The van der Waals surface area contributed by atoms with Gasteiger partial charge in [0.2, 0.25) is 0 Å². The average molecular weight is 215 g/mol. The average Bonchev–Trinajstić information content (AvgIpc) is 2.19. The molecule has 0 aliphatic heterocycles. The van der Waals surface area contributed by atoms with E-state index in [9.17, 15) is 14.7 Å². The molecule has 0 heterocycles. The molecule has 74 valence electrons. The van der Waals surface area contributed by atoms with E-state index in [-0.39, 0.29) is 21.9 Å². The van der Waals surface area contributed by atoms with Gasteiger partial charge in [-0.25, -0.2) is 4.79 Å². The van der Waals surface area contributed by atoms with Crippen LogP contribution in [0.5, 0.6) is 5.75 Å². The fourth-order valence-electron chi connectivity index (χ4n) is 0.938. The van der Waals surface area contributed by atoms with Crippen LogP contribution in [0.2, 0.25) is 5.02 Å². The number of hydrogen-bond acceptors (Lipinski definition) is 4. The van der Waals surface area contributed by atoms with Gasteiger partial charge in [0.15, 0.2) is 6.29 Å². The standard InChI is InChI=1S/C9H7ClO4/c1-14-9(13)6-3-8(12)5(4-11)2-7(6)10/h2-4,12H,1H3. The highest BCUT2D eigenvalue weighted by molar-refractivity contribution is 6.34. The molecule has 0 aliphatic rings. The third kappa shape index (κ3) is 1.85. The second-order valence-electron chi connectivity index (χ2n) is 2.50. The minimum atomic E-state index is -0.664. The van der Waals surface area contributed by atoms with Gasteiger partial charge >= 0.3 is 5.97 Å². The molecule has 14 heavy (non-hydrogen) atoms. The molecule has 0 unspecified atom stereocenters. The first kappa shape index (κ1) is 10.5. The van der Waals surface area contributed by atoms with Gasteiger partial charge in [-0.15, -0.1) is 0 Å². The van der Waals surface area contributed by atoms with Gasteiger partial charge in [0.1, 0.15) is 5.75 Å². The number of rotatable bonds is 2. The molecule has 0 saturated carbocycles. The first-order valence-electron chi connectivity index (χ1n) is 3.66. The zero-order chi connectivity index (χ0) is 10.7. The number of ether oxygens (including phenoxy) is 1. The highest BCUT2D eigenvalue weighted by atomic mass is 35.5. The maximum Gasteiger partial charge on any atom is 0.339 e. The molecule has 1 aromatic rings. The van der Waals surface area contributed by atoms with Crippen LogP contribution < -0.4 is 0 Å². The second kappa shape index (κ2) is 4.11. The zero-order valence-electron chi connectivity index (χ0n) is 7.28. The number of methoxy groups -OCH3 is 1. The topological polar surface area (TPSA) is 63.6 Å². The normalized spacial score (nSPS) is 9.57. The lowest BCUT2D eigenvalue weighted by atomic mass is 10.1. The Bertz CT molecular complexity index is 387. The van der Waals surface area contributed by atoms with E-state index in [1.54, 1.807) is 0 Å². The molecule has 1 N–H and O–H groups in total. The summed E-state index contributed by atoms with van der Waals surface area (Å²) in [7, 11) is 1.20. The third-order valence-corrected chi connectivity index (χ3v) is 1.96. The number of carbonyl (C=O) groups excluding carboxylic acids is 2. The predicted octanol–water partition coefficient (Wildman–Crippen LogP) is 1.64. The summed E-state index contributed by atoms with van der Waals surface area (Å²) in [6.07, 6.45) is 0.447. The number of hydrogen-bond donors (Lipinski definition) is 1. The van der Waals surface area contributed by atoms with Gasteiger partial charge in [-0.1, -0.05) is 11.6 Å². The van der Waals surface area contributed by atoms with Crippen LogP contribution in [0.3, 0.4) is 0 Å². The van der Waals surface area contributed by atoms with Crippen molar-refractivity contribution < 1.29 is 19.4 Å². The number of esters is 1.